The molecule has 7 heteroatoms. The molecule has 1 aliphatic rings. The number of aryl methyl sites for hydroxylation is 1. The van der Waals surface area contributed by atoms with Crippen LogP contribution >= 0.6 is 0 Å². The van der Waals surface area contributed by atoms with Gasteiger partial charge in [-0.05, 0) is 37.8 Å². The summed E-state index contributed by atoms with van der Waals surface area (Å²) in [6.45, 7) is 4.25. The Kier molecular flexibility index (Phi) is 5.53. The second kappa shape index (κ2) is 8.01. The molecule has 2 aromatic heterocycles. The van der Waals surface area contributed by atoms with Crippen LogP contribution in [0.1, 0.15) is 25.6 Å². The number of carbonyl (C=O) groups is 1. The first-order valence-corrected chi connectivity index (χ1v) is 8.34. The highest BCUT2D eigenvalue weighted by molar-refractivity contribution is 5.77. The summed E-state index contributed by atoms with van der Waals surface area (Å²) in [7, 11) is 0. The topological polar surface area (TPSA) is 81.4 Å². The quantitative estimate of drug-likeness (QED) is 0.772. The lowest BCUT2D eigenvalue weighted by Crippen LogP contribution is -2.32. The molecule has 1 fully saturated rings. The Bertz CT molecular complexity index is 659. The lowest BCUT2D eigenvalue weighted by atomic mass is 10.0. The van der Waals surface area contributed by atoms with E-state index >= 15 is 0 Å². The third kappa shape index (κ3) is 4.17. The monoisotopic (exact) mass is 330 g/mol. The number of ether oxygens (including phenoxy) is 1. The first kappa shape index (κ1) is 16.6. The molecule has 1 aliphatic heterocycles. The van der Waals surface area contributed by atoms with Gasteiger partial charge in [0.1, 0.15) is 6.61 Å². The molecule has 128 valence electrons. The largest absolute Gasteiger partial charge is 0.372 e. The minimum Gasteiger partial charge on any atom is -0.372 e. The van der Waals surface area contributed by atoms with Crippen LogP contribution in [0.3, 0.4) is 0 Å². The van der Waals surface area contributed by atoms with Gasteiger partial charge in [-0.1, -0.05) is 5.16 Å². The zero-order chi connectivity index (χ0) is 16.8. The first-order valence-electron chi connectivity index (χ1n) is 8.34. The van der Waals surface area contributed by atoms with Crippen LogP contribution in [0, 0.1) is 5.92 Å². The Morgan fingerprint density at radius 1 is 1.50 bits per heavy atom. The zero-order valence-electron chi connectivity index (χ0n) is 13.9. The molecule has 0 aromatic carbocycles. The average molecular weight is 330 g/mol. The van der Waals surface area contributed by atoms with E-state index in [1.165, 1.54) is 0 Å². The van der Waals surface area contributed by atoms with Crippen molar-refractivity contribution < 1.29 is 14.1 Å². The molecule has 1 atom stereocenters. The van der Waals surface area contributed by atoms with Crippen molar-refractivity contribution in [2.24, 2.45) is 5.92 Å². The van der Waals surface area contributed by atoms with E-state index in [2.05, 4.69) is 15.1 Å². The highest BCUT2D eigenvalue weighted by Crippen LogP contribution is 2.22. The number of amides is 1. The summed E-state index contributed by atoms with van der Waals surface area (Å²) in [4.78, 5) is 22.3. The Morgan fingerprint density at radius 2 is 2.42 bits per heavy atom. The van der Waals surface area contributed by atoms with E-state index in [1.54, 1.807) is 12.4 Å². The first-order chi connectivity index (χ1) is 11.8. The Balaban J connectivity index is 1.47. The van der Waals surface area contributed by atoms with Gasteiger partial charge >= 0.3 is 0 Å². The molecule has 0 spiro atoms. The minimum atomic E-state index is 0.0813. The van der Waals surface area contributed by atoms with Gasteiger partial charge in [0.25, 0.3) is 5.89 Å². The van der Waals surface area contributed by atoms with E-state index in [9.17, 15) is 4.79 Å². The van der Waals surface area contributed by atoms with Gasteiger partial charge in [-0.15, -0.1) is 0 Å². The maximum absolute atomic E-state index is 11.9. The number of hydrogen-bond acceptors (Lipinski definition) is 6. The van der Waals surface area contributed by atoms with Gasteiger partial charge in [0.05, 0.1) is 5.56 Å². The summed E-state index contributed by atoms with van der Waals surface area (Å²) in [5, 5.41) is 4.03. The molecular weight excluding hydrogens is 308 g/mol. The minimum absolute atomic E-state index is 0.0813. The van der Waals surface area contributed by atoms with Crippen LogP contribution in [-0.2, 0) is 16.0 Å². The van der Waals surface area contributed by atoms with E-state index < -0.39 is 0 Å². The van der Waals surface area contributed by atoms with E-state index in [0.29, 0.717) is 24.2 Å². The van der Waals surface area contributed by atoms with Crippen LogP contribution in [0.15, 0.2) is 29.0 Å². The molecule has 24 heavy (non-hydrogen) atoms. The number of aromatic nitrogens is 3. The van der Waals surface area contributed by atoms with Gasteiger partial charge in [0.2, 0.25) is 5.91 Å². The van der Waals surface area contributed by atoms with E-state index in [-0.39, 0.29) is 12.5 Å². The summed E-state index contributed by atoms with van der Waals surface area (Å²) in [6, 6.07) is 3.73. The molecule has 1 unspecified atom stereocenters. The molecule has 0 aliphatic carbocycles. The molecule has 7 nitrogen and oxygen atoms in total. The number of nitrogens with zero attached hydrogens (tertiary/aromatic N) is 4. The lowest BCUT2D eigenvalue weighted by Gasteiger charge is -2.16. The summed E-state index contributed by atoms with van der Waals surface area (Å²) in [6.07, 6.45) is 6.13. The molecule has 3 heterocycles. The fourth-order valence-electron chi connectivity index (χ4n) is 2.87. The van der Waals surface area contributed by atoms with Crippen molar-refractivity contribution in [2.45, 2.75) is 26.2 Å². The van der Waals surface area contributed by atoms with Crippen LogP contribution in [0.25, 0.3) is 11.5 Å². The van der Waals surface area contributed by atoms with E-state index in [0.717, 1.165) is 37.9 Å². The van der Waals surface area contributed by atoms with Crippen molar-refractivity contribution in [3.8, 4) is 11.5 Å². The SMILES string of the molecule is CCOCC(=O)N1CCC(CCc2noc(-c3cccnc3)n2)C1. The maximum atomic E-state index is 11.9. The second-order valence-electron chi connectivity index (χ2n) is 5.93. The Hall–Kier alpha value is -2.28. The van der Waals surface area contributed by atoms with Gasteiger partial charge in [0, 0.05) is 38.5 Å². The number of hydrogen-bond donors (Lipinski definition) is 0. The predicted molar refractivity (Wildman–Crippen MR) is 87.0 cm³/mol. The highest BCUT2D eigenvalue weighted by atomic mass is 16.5. The normalized spacial score (nSPS) is 17.4. The fourth-order valence-corrected chi connectivity index (χ4v) is 2.87. The molecule has 0 saturated carbocycles. The molecule has 1 saturated heterocycles. The fraction of sp³-hybridized carbons (Fsp3) is 0.529. The number of pyridine rings is 1. The molecular formula is C17H22N4O3. The summed E-state index contributed by atoms with van der Waals surface area (Å²) in [5.74, 6) is 1.76. The standard InChI is InChI=1S/C17H22N4O3/c1-2-23-12-16(22)21-9-7-13(11-21)5-6-15-19-17(24-20-15)14-4-3-8-18-10-14/h3-4,8,10,13H,2,5-7,9,11-12H2,1H3. The van der Waals surface area contributed by atoms with Gasteiger partial charge < -0.3 is 14.2 Å². The summed E-state index contributed by atoms with van der Waals surface area (Å²) < 4.78 is 10.5. The molecule has 1 amide bonds. The van der Waals surface area contributed by atoms with Crippen molar-refractivity contribution in [3.05, 3.63) is 30.4 Å². The van der Waals surface area contributed by atoms with Crippen LogP contribution in [0.4, 0.5) is 0 Å². The lowest BCUT2D eigenvalue weighted by molar-refractivity contribution is -0.135. The molecule has 0 bridgehead atoms. The van der Waals surface area contributed by atoms with Crippen LogP contribution in [0.5, 0.6) is 0 Å². The molecule has 0 N–H and O–H groups in total. The second-order valence-corrected chi connectivity index (χ2v) is 5.93. The Morgan fingerprint density at radius 3 is 3.21 bits per heavy atom. The van der Waals surface area contributed by atoms with Crippen molar-refractivity contribution in [2.75, 3.05) is 26.3 Å². The van der Waals surface area contributed by atoms with Crippen molar-refractivity contribution >= 4 is 5.91 Å². The predicted octanol–water partition coefficient (Wildman–Crippen LogP) is 1.95. The van der Waals surface area contributed by atoms with Gasteiger partial charge in [0.15, 0.2) is 5.82 Å². The summed E-state index contributed by atoms with van der Waals surface area (Å²) in [5.41, 5.74) is 0.824. The average Bonchev–Trinajstić information content (AvgIpc) is 3.28. The molecule has 3 rings (SSSR count). The van der Waals surface area contributed by atoms with Gasteiger partial charge in [-0.3, -0.25) is 9.78 Å². The van der Waals surface area contributed by atoms with E-state index in [4.69, 9.17) is 9.26 Å². The van der Waals surface area contributed by atoms with Crippen molar-refractivity contribution in [1.82, 2.24) is 20.0 Å². The number of carbonyl (C=O) groups excluding carboxylic acids is 1. The third-order valence-electron chi connectivity index (χ3n) is 4.22. The van der Waals surface area contributed by atoms with Crippen molar-refractivity contribution in [1.29, 1.82) is 0 Å². The third-order valence-corrected chi connectivity index (χ3v) is 4.22. The van der Waals surface area contributed by atoms with Crippen molar-refractivity contribution in [3.63, 3.8) is 0 Å². The highest BCUT2D eigenvalue weighted by Gasteiger charge is 2.26. The summed E-state index contributed by atoms with van der Waals surface area (Å²) >= 11 is 0. The van der Waals surface area contributed by atoms with Gasteiger partial charge in [-0.2, -0.15) is 4.98 Å². The molecule has 0 radical (unpaired) electrons. The van der Waals surface area contributed by atoms with Crippen LogP contribution < -0.4 is 0 Å². The maximum Gasteiger partial charge on any atom is 0.259 e. The van der Waals surface area contributed by atoms with Gasteiger partial charge in [-0.25, -0.2) is 0 Å². The van der Waals surface area contributed by atoms with E-state index in [1.807, 2.05) is 24.0 Å². The number of likely N-dealkylation sites (tertiary alicyclic amines) is 1. The smallest absolute Gasteiger partial charge is 0.259 e. The number of rotatable bonds is 7. The molecule has 2 aromatic rings. The Labute approximate surface area is 141 Å². The van der Waals surface area contributed by atoms with Crippen LogP contribution in [-0.4, -0.2) is 52.2 Å². The zero-order valence-corrected chi connectivity index (χ0v) is 13.9. The van der Waals surface area contributed by atoms with Crippen LogP contribution in [0.2, 0.25) is 0 Å².